The number of amides is 3. The van der Waals surface area contributed by atoms with Crippen LogP contribution in [0.15, 0.2) is 97.3 Å². The summed E-state index contributed by atoms with van der Waals surface area (Å²) >= 11 is 11.7. The maximum atomic E-state index is 13.0. The molecule has 0 bridgehead atoms. The Kier molecular flexibility index (Phi) is 12.3. The zero-order valence-electron chi connectivity index (χ0n) is 29.3. The second kappa shape index (κ2) is 17.5. The fourth-order valence-electron chi connectivity index (χ4n) is 5.18. The number of hydrogen-bond donors (Lipinski definition) is 5. The number of benzene rings is 3. The number of hydrogen-bond acceptors (Lipinski definition) is 12. The van der Waals surface area contributed by atoms with E-state index < -0.39 is 59.9 Å². The Morgan fingerprint density at radius 3 is 2.23 bits per heavy atom. The minimum atomic E-state index is -4.65. The van der Waals surface area contributed by atoms with Crippen molar-refractivity contribution in [3.8, 4) is 17.5 Å². The van der Waals surface area contributed by atoms with Crippen LogP contribution in [0, 0.1) is 0 Å². The minimum Gasteiger partial charge on any atom is -0.456 e. The molecular weight excluding hydrogens is 794 g/mol. The normalized spacial score (nSPS) is 13.4. The summed E-state index contributed by atoms with van der Waals surface area (Å²) < 4.78 is 49.4. The van der Waals surface area contributed by atoms with Crippen LogP contribution in [0.4, 0.5) is 36.4 Å². The van der Waals surface area contributed by atoms with Gasteiger partial charge in [-0.3, -0.25) is 24.2 Å². The predicted molar refractivity (Wildman–Crippen MR) is 202 cm³/mol. The number of anilines is 4. The summed E-state index contributed by atoms with van der Waals surface area (Å²) in [6.45, 7) is -2.15. The Morgan fingerprint density at radius 2 is 1.56 bits per heavy atom. The highest BCUT2D eigenvalue weighted by Gasteiger charge is 2.45. The molecule has 1 aliphatic carbocycles. The van der Waals surface area contributed by atoms with Crippen molar-refractivity contribution in [3.63, 3.8) is 0 Å². The maximum Gasteiger partial charge on any atom is 0.422 e. The van der Waals surface area contributed by atoms with Crippen LogP contribution in [-0.4, -0.2) is 68.3 Å². The van der Waals surface area contributed by atoms with E-state index in [-0.39, 0.29) is 23.1 Å². The van der Waals surface area contributed by atoms with E-state index in [0.717, 1.165) is 5.56 Å². The van der Waals surface area contributed by atoms with E-state index in [1.807, 2.05) is 12.1 Å². The van der Waals surface area contributed by atoms with E-state index in [2.05, 4.69) is 46.5 Å². The van der Waals surface area contributed by atoms with Gasteiger partial charge in [0.2, 0.25) is 17.1 Å². The Bertz CT molecular complexity index is 2250. The largest absolute Gasteiger partial charge is 0.456 e. The van der Waals surface area contributed by atoms with Gasteiger partial charge in [-0.15, -0.1) is 0 Å². The SMILES string of the molecule is O=C(NC[C@H](NC(=O)c1ccc(Nc2nc(NC3(c4ccc(Cl)cc4)CC3)nc(OCC(F)(F)F)n2)cc1)C(=O)Cl)C(=O)Nc1cccc(Oc2cccnc2)c1. The molecule has 0 aliphatic heterocycles. The van der Waals surface area contributed by atoms with Crippen LogP contribution in [0.5, 0.6) is 17.5 Å². The lowest BCUT2D eigenvalue weighted by atomic mass is 10.1. The van der Waals surface area contributed by atoms with Gasteiger partial charge in [-0.05, 0) is 90.7 Å². The molecule has 20 heteroatoms. The van der Waals surface area contributed by atoms with Crippen LogP contribution < -0.4 is 36.1 Å². The summed E-state index contributed by atoms with van der Waals surface area (Å²) in [5.74, 6) is -2.30. The fraction of sp³-hybridized carbons (Fsp3) is 0.189. The number of ether oxygens (including phenoxy) is 2. The first-order chi connectivity index (χ1) is 27.2. The summed E-state index contributed by atoms with van der Waals surface area (Å²) in [5.41, 5.74) is 0.941. The smallest absolute Gasteiger partial charge is 0.422 e. The second-order valence-corrected chi connectivity index (χ2v) is 13.2. The Balaban J connectivity index is 1.05. The van der Waals surface area contributed by atoms with Crippen molar-refractivity contribution in [2.45, 2.75) is 30.6 Å². The number of carbonyl (C=O) groups is 4. The third-order valence-electron chi connectivity index (χ3n) is 8.10. The molecule has 5 N–H and O–H groups in total. The number of nitrogens with zero attached hydrogens (tertiary/aromatic N) is 4. The van der Waals surface area contributed by atoms with Crippen molar-refractivity contribution in [1.29, 1.82) is 0 Å². The zero-order chi connectivity index (χ0) is 40.6. The van der Waals surface area contributed by atoms with Gasteiger partial charge < -0.3 is 36.1 Å². The average Bonchev–Trinajstić information content (AvgIpc) is 3.96. The molecule has 0 radical (unpaired) electrons. The van der Waals surface area contributed by atoms with Gasteiger partial charge in [0.1, 0.15) is 17.5 Å². The number of nitrogens with one attached hydrogen (secondary N) is 5. The van der Waals surface area contributed by atoms with Gasteiger partial charge in [-0.2, -0.15) is 28.1 Å². The molecule has 0 spiro atoms. The van der Waals surface area contributed by atoms with E-state index in [9.17, 15) is 32.3 Å². The van der Waals surface area contributed by atoms with Crippen LogP contribution in [0.3, 0.4) is 0 Å². The van der Waals surface area contributed by atoms with Crippen LogP contribution in [0.25, 0.3) is 0 Å². The lowest BCUT2D eigenvalue weighted by molar-refractivity contribution is -0.154. The van der Waals surface area contributed by atoms with E-state index in [1.54, 1.807) is 42.6 Å². The lowest BCUT2D eigenvalue weighted by Gasteiger charge is -2.19. The van der Waals surface area contributed by atoms with Gasteiger partial charge in [0.25, 0.3) is 5.91 Å². The number of aromatic nitrogens is 4. The fourth-order valence-corrected chi connectivity index (χ4v) is 5.44. The van der Waals surface area contributed by atoms with E-state index in [1.165, 1.54) is 42.6 Å². The van der Waals surface area contributed by atoms with Crippen molar-refractivity contribution >= 4 is 69.4 Å². The molecule has 1 aliphatic rings. The molecule has 57 heavy (non-hydrogen) atoms. The summed E-state index contributed by atoms with van der Waals surface area (Å²) in [6, 6.07) is 20.3. The summed E-state index contributed by atoms with van der Waals surface area (Å²) in [5, 5.41) is 12.6. The molecule has 1 saturated carbocycles. The number of carbonyl (C=O) groups excluding carboxylic acids is 4. The molecule has 294 valence electrons. The summed E-state index contributed by atoms with van der Waals surface area (Å²) in [6.07, 6.45) is -0.173. The van der Waals surface area contributed by atoms with E-state index in [0.29, 0.717) is 35.1 Å². The minimum absolute atomic E-state index is 0.0462. The van der Waals surface area contributed by atoms with Gasteiger partial charge in [0.05, 0.1) is 11.7 Å². The molecule has 2 heterocycles. The van der Waals surface area contributed by atoms with Gasteiger partial charge in [0.15, 0.2) is 6.61 Å². The highest BCUT2D eigenvalue weighted by molar-refractivity contribution is 6.65. The summed E-state index contributed by atoms with van der Waals surface area (Å²) in [7, 11) is 0. The first kappa shape index (κ1) is 40.1. The van der Waals surface area contributed by atoms with Crippen LogP contribution in [0.1, 0.15) is 28.8 Å². The van der Waals surface area contributed by atoms with Gasteiger partial charge in [0, 0.05) is 40.8 Å². The van der Waals surface area contributed by atoms with Crippen LogP contribution in [-0.2, 0) is 19.9 Å². The van der Waals surface area contributed by atoms with Crippen molar-refractivity contribution in [1.82, 2.24) is 30.6 Å². The number of pyridine rings is 1. The lowest BCUT2D eigenvalue weighted by Crippen LogP contribution is -2.49. The third kappa shape index (κ3) is 11.5. The predicted octanol–water partition coefficient (Wildman–Crippen LogP) is 6.12. The summed E-state index contributed by atoms with van der Waals surface area (Å²) in [4.78, 5) is 66.5. The third-order valence-corrected chi connectivity index (χ3v) is 8.61. The molecule has 0 saturated heterocycles. The zero-order valence-corrected chi connectivity index (χ0v) is 30.8. The first-order valence-corrected chi connectivity index (χ1v) is 17.6. The van der Waals surface area contributed by atoms with Crippen molar-refractivity contribution in [2.24, 2.45) is 0 Å². The molecule has 1 fully saturated rings. The molecule has 6 rings (SSSR count). The Labute approximate surface area is 331 Å². The molecule has 15 nitrogen and oxygen atoms in total. The molecule has 1 atom stereocenters. The number of alkyl halides is 3. The molecule has 3 amide bonds. The highest BCUT2D eigenvalue weighted by atomic mass is 35.5. The van der Waals surface area contributed by atoms with Gasteiger partial charge in [-0.25, -0.2) is 0 Å². The topological polar surface area (TPSA) is 198 Å². The van der Waals surface area contributed by atoms with E-state index >= 15 is 0 Å². The monoisotopic (exact) mass is 823 g/mol. The molecular formula is C37H30Cl2F3N9O6. The van der Waals surface area contributed by atoms with E-state index in [4.69, 9.17) is 32.7 Å². The van der Waals surface area contributed by atoms with Gasteiger partial charge in [-0.1, -0.05) is 29.8 Å². The molecule has 3 aromatic carbocycles. The highest BCUT2D eigenvalue weighted by Crippen LogP contribution is 2.48. The molecule has 5 aromatic rings. The van der Waals surface area contributed by atoms with Crippen molar-refractivity contribution < 1.29 is 41.8 Å². The average molecular weight is 825 g/mol. The Morgan fingerprint density at radius 1 is 0.842 bits per heavy atom. The number of rotatable bonds is 15. The van der Waals surface area contributed by atoms with Gasteiger partial charge >= 0.3 is 24.0 Å². The second-order valence-electron chi connectivity index (χ2n) is 12.4. The van der Waals surface area contributed by atoms with Crippen molar-refractivity contribution in [3.05, 3.63) is 113 Å². The number of halogens is 5. The maximum absolute atomic E-state index is 13.0. The van der Waals surface area contributed by atoms with Crippen LogP contribution in [0.2, 0.25) is 5.02 Å². The Hall–Kier alpha value is -6.53. The standard InChI is InChI=1S/C37H30Cl2F3N9O6/c38-23-10-8-22(9-11-23)36(14-15-36)51-34-48-33(49-35(50-34)56-20-37(40,41)42)46-24-12-6-21(7-13-24)30(53)47-28(29(39)52)19-44-31(54)32(55)45-25-3-1-4-26(17-25)57-27-5-2-16-43-18-27/h1-13,16-18,28H,14-15,19-20H2,(H,44,54)(H,45,55)(H,47,53)(H2,46,48,49,50,51)/t28-/m0/s1. The van der Waals surface area contributed by atoms with Crippen molar-refractivity contribution in [2.75, 3.05) is 29.1 Å². The first-order valence-electron chi connectivity index (χ1n) is 16.9. The molecule has 2 aromatic heterocycles. The van der Waals surface area contributed by atoms with Crippen LogP contribution >= 0.6 is 23.2 Å². The quantitative estimate of drug-likeness (QED) is 0.0600. The molecule has 0 unspecified atom stereocenters.